The van der Waals surface area contributed by atoms with E-state index in [2.05, 4.69) is 27.4 Å². The second kappa shape index (κ2) is 5.24. The second-order valence-electron chi connectivity index (χ2n) is 6.12. The lowest BCUT2D eigenvalue weighted by molar-refractivity contribution is -0.141. The van der Waals surface area contributed by atoms with Gasteiger partial charge in [0, 0.05) is 6.92 Å². The molecule has 2 nitrogen and oxygen atoms in total. The van der Waals surface area contributed by atoms with Crippen molar-refractivity contribution in [3.8, 4) is 0 Å². The smallest absolute Gasteiger partial charge is 0.302 e. The number of esters is 1. The van der Waals surface area contributed by atoms with Gasteiger partial charge in [0.25, 0.3) is 0 Å². The molecule has 0 heterocycles. The standard InChI is InChI=1S/C15H26O2/c1-12-8-6-9-14(3,4)15(12,5)10-7-11-17-13(2)16/h1,6-11H2,2-5H3. The van der Waals surface area contributed by atoms with Gasteiger partial charge in [-0.3, -0.25) is 4.79 Å². The molecule has 1 aliphatic rings. The molecule has 1 aliphatic carbocycles. The molecule has 0 spiro atoms. The van der Waals surface area contributed by atoms with E-state index in [-0.39, 0.29) is 11.4 Å². The summed E-state index contributed by atoms with van der Waals surface area (Å²) in [5.41, 5.74) is 1.86. The first-order chi connectivity index (χ1) is 7.79. The van der Waals surface area contributed by atoms with E-state index in [0.29, 0.717) is 12.0 Å². The van der Waals surface area contributed by atoms with Crippen molar-refractivity contribution in [2.24, 2.45) is 10.8 Å². The molecule has 1 unspecified atom stereocenters. The summed E-state index contributed by atoms with van der Waals surface area (Å²) in [4.78, 5) is 10.7. The fourth-order valence-electron chi connectivity index (χ4n) is 2.93. The minimum Gasteiger partial charge on any atom is -0.466 e. The van der Waals surface area contributed by atoms with Crippen LogP contribution in [0.3, 0.4) is 0 Å². The average Bonchev–Trinajstić information content (AvgIpc) is 2.21. The Bertz CT molecular complexity index is 304. The number of carbonyl (C=O) groups excluding carboxylic acids is 1. The summed E-state index contributed by atoms with van der Waals surface area (Å²) < 4.78 is 5.01. The van der Waals surface area contributed by atoms with Crippen molar-refractivity contribution in [1.29, 1.82) is 0 Å². The SMILES string of the molecule is C=C1CCCC(C)(C)C1(C)CCCOC(C)=O. The first kappa shape index (κ1) is 14.3. The molecule has 17 heavy (non-hydrogen) atoms. The van der Waals surface area contributed by atoms with Gasteiger partial charge in [-0.05, 0) is 42.9 Å². The van der Waals surface area contributed by atoms with E-state index >= 15 is 0 Å². The van der Waals surface area contributed by atoms with E-state index in [1.165, 1.54) is 25.3 Å². The Balaban J connectivity index is 2.57. The lowest BCUT2D eigenvalue weighted by atomic mass is 9.55. The van der Waals surface area contributed by atoms with Crippen LogP contribution in [0.4, 0.5) is 0 Å². The molecule has 1 rings (SSSR count). The molecule has 0 N–H and O–H groups in total. The third-order valence-corrected chi connectivity index (χ3v) is 4.68. The summed E-state index contributed by atoms with van der Waals surface area (Å²) in [6.07, 6.45) is 5.65. The first-order valence-corrected chi connectivity index (χ1v) is 6.61. The largest absolute Gasteiger partial charge is 0.466 e. The summed E-state index contributed by atoms with van der Waals surface area (Å²) >= 11 is 0. The highest BCUT2D eigenvalue weighted by atomic mass is 16.5. The zero-order valence-electron chi connectivity index (χ0n) is 11.8. The molecular weight excluding hydrogens is 212 g/mol. The number of ether oxygens (including phenoxy) is 1. The van der Waals surface area contributed by atoms with Crippen molar-refractivity contribution < 1.29 is 9.53 Å². The Morgan fingerprint density at radius 2 is 2.06 bits per heavy atom. The average molecular weight is 238 g/mol. The van der Waals surface area contributed by atoms with E-state index in [1.54, 1.807) is 0 Å². The maximum atomic E-state index is 10.7. The molecule has 0 aliphatic heterocycles. The number of rotatable bonds is 4. The molecule has 1 fully saturated rings. The zero-order valence-corrected chi connectivity index (χ0v) is 11.8. The van der Waals surface area contributed by atoms with Gasteiger partial charge in [-0.15, -0.1) is 0 Å². The molecule has 0 aromatic heterocycles. The third kappa shape index (κ3) is 3.11. The van der Waals surface area contributed by atoms with Crippen molar-refractivity contribution in [1.82, 2.24) is 0 Å². The van der Waals surface area contributed by atoms with Crippen LogP contribution in [0.2, 0.25) is 0 Å². The molecule has 98 valence electrons. The van der Waals surface area contributed by atoms with E-state index in [9.17, 15) is 4.79 Å². The zero-order chi connectivity index (χ0) is 13.1. The Morgan fingerprint density at radius 3 is 2.59 bits per heavy atom. The number of carbonyl (C=O) groups is 1. The lowest BCUT2D eigenvalue weighted by Gasteiger charge is -2.50. The van der Waals surface area contributed by atoms with Crippen LogP contribution in [0.5, 0.6) is 0 Å². The van der Waals surface area contributed by atoms with Gasteiger partial charge in [0.2, 0.25) is 0 Å². The van der Waals surface area contributed by atoms with Crippen molar-refractivity contribution in [2.45, 2.75) is 59.8 Å². The van der Waals surface area contributed by atoms with Crippen LogP contribution in [0, 0.1) is 10.8 Å². The second-order valence-corrected chi connectivity index (χ2v) is 6.12. The van der Waals surface area contributed by atoms with Gasteiger partial charge in [0.1, 0.15) is 0 Å². The normalized spacial score (nSPS) is 27.9. The molecule has 0 bridgehead atoms. The summed E-state index contributed by atoms with van der Waals surface area (Å²) in [5.74, 6) is -0.183. The summed E-state index contributed by atoms with van der Waals surface area (Å²) in [5, 5.41) is 0. The lowest BCUT2D eigenvalue weighted by Crippen LogP contribution is -2.40. The molecule has 0 aromatic rings. The van der Waals surface area contributed by atoms with Gasteiger partial charge >= 0.3 is 5.97 Å². The van der Waals surface area contributed by atoms with Crippen LogP contribution >= 0.6 is 0 Å². The maximum Gasteiger partial charge on any atom is 0.302 e. The summed E-state index contributed by atoms with van der Waals surface area (Å²) in [6, 6.07) is 0. The molecular formula is C15H26O2. The van der Waals surface area contributed by atoms with E-state index in [0.717, 1.165) is 19.3 Å². The topological polar surface area (TPSA) is 26.3 Å². The van der Waals surface area contributed by atoms with Crippen LogP contribution in [-0.4, -0.2) is 12.6 Å². The highest BCUT2D eigenvalue weighted by Crippen LogP contribution is 2.54. The van der Waals surface area contributed by atoms with Gasteiger partial charge in [-0.1, -0.05) is 32.9 Å². The van der Waals surface area contributed by atoms with Crippen LogP contribution < -0.4 is 0 Å². The first-order valence-electron chi connectivity index (χ1n) is 6.61. The van der Waals surface area contributed by atoms with Crippen LogP contribution in [-0.2, 0) is 9.53 Å². The van der Waals surface area contributed by atoms with Gasteiger partial charge in [-0.25, -0.2) is 0 Å². The Kier molecular flexibility index (Phi) is 4.40. The Morgan fingerprint density at radius 1 is 1.41 bits per heavy atom. The molecule has 1 saturated carbocycles. The summed E-state index contributed by atoms with van der Waals surface area (Å²) in [6.45, 7) is 13.3. The van der Waals surface area contributed by atoms with E-state index in [1.807, 2.05) is 0 Å². The fraction of sp³-hybridized carbons (Fsp3) is 0.800. The maximum absolute atomic E-state index is 10.7. The third-order valence-electron chi connectivity index (χ3n) is 4.68. The van der Waals surface area contributed by atoms with E-state index < -0.39 is 0 Å². The van der Waals surface area contributed by atoms with Crippen LogP contribution in [0.25, 0.3) is 0 Å². The highest BCUT2D eigenvalue weighted by molar-refractivity contribution is 5.65. The quantitative estimate of drug-likeness (QED) is 0.418. The summed E-state index contributed by atoms with van der Waals surface area (Å²) in [7, 11) is 0. The predicted octanol–water partition coefficient (Wildman–Crippen LogP) is 4.10. The van der Waals surface area contributed by atoms with Crippen LogP contribution in [0.15, 0.2) is 12.2 Å². The monoisotopic (exact) mass is 238 g/mol. The molecule has 0 aromatic carbocycles. The molecule has 2 heteroatoms. The Labute approximate surface area is 105 Å². The number of hydrogen-bond donors (Lipinski definition) is 0. The van der Waals surface area contributed by atoms with Crippen molar-refractivity contribution in [3.05, 3.63) is 12.2 Å². The van der Waals surface area contributed by atoms with Gasteiger partial charge in [0.05, 0.1) is 6.61 Å². The van der Waals surface area contributed by atoms with Crippen molar-refractivity contribution >= 4 is 5.97 Å². The van der Waals surface area contributed by atoms with Gasteiger partial charge in [0.15, 0.2) is 0 Å². The fourth-order valence-corrected chi connectivity index (χ4v) is 2.93. The molecule has 0 amide bonds. The van der Waals surface area contributed by atoms with Gasteiger partial charge in [-0.2, -0.15) is 0 Å². The van der Waals surface area contributed by atoms with E-state index in [4.69, 9.17) is 4.74 Å². The predicted molar refractivity (Wildman–Crippen MR) is 70.7 cm³/mol. The van der Waals surface area contributed by atoms with Crippen LogP contribution in [0.1, 0.15) is 59.8 Å². The van der Waals surface area contributed by atoms with Crippen molar-refractivity contribution in [3.63, 3.8) is 0 Å². The molecule has 0 saturated heterocycles. The van der Waals surface area contributed by atoms with Gasteiger partial charge < -0.3 is 4.74 Å². The van der Waals surface area contributed by atoms with Crippen molar-refractivity contribution in [2.75, 3.05) is 6.61 Å². The minimum absolute atomic E-state index is 0.183. The number of hydrogen-bond acceptors (Lipinski definition) is 2. The Hall–Kier alpha value is -0.790. The highest BCUT2D eigenvalue weighted by Gasteiger charge is 2.44. The molecule has 0 radical (unpaired) electrons. The number of allylic oxidation sites excluding steroid dienone is 1. The minimum atomic E-state index is -0.183. The molecule has 1 atom stereocenters.